The first kappa shape index (κ1) is 24.5. The van der Waals surface area contributed by atoms with Crippen molar-refractivity contribution in [2.24, 2.45) is 0 Å². The van der Waals surface area contributed by atoms with E-state index in [1.807, 2.05) is 0 Å². The van der Waals surface area contributed by atoms with Gasteiger partial charge in [0.25, 0.3) is 11.1 Å². The Morgan fingerprint density at radius 3 is 2.36 bits per heavy atom. The van der Waals surface area contributed by atoms with E-state index in [0.717, 1.165) is 16.7 Å². The molecule has 174 valence electrons. The van der Waals surface area contributed by atoms with Gasteiger partial charge in [-0.05, 0) is 47.2 Å². The van der Waals surface area contributed by atoms with Crippen molar-refractivity contribution in [1.29, 1.82) is 0 Å². The number of imide groups is 1. The highest BCUT2D eigenvalue weighted by atomic mass is 35.5. The number of nitrogens with zero attached hydrogens (tertiary/aromatic N) is 1. The molecule has 0 spiro atoms. The van der Waals surface area contributed by atoms with Gasteiger partial charge in [0, 0.05) is 18.1 Å². The Bertz CT molecular complexity index is 1080. The van der Waals surface area contributed by atoms with Crippen molar-refractivity contribution in [2.75, 3.05) is 34.4 Å². The van der Waals surface area contributed by atoms with Crippen LogP contribution in [0.2, 0.25) is 5.02 Å². The van der Waals surface area contributed by atoms with Crippen LogP contribution in [0.4, 0.5) is 4.79 Å². The van der Waals surface area contributed by atoms with Crippen molar-refractivity contribution in [2.45, 2.75) is 6.42 Å². The molecular weight excluding hydrogens is 468 g/mol. The summed E-state index contributed by atoms with van der Waals surface area (Å²) < 4.78 is 16.0. The third kappa shape index (κ3) is 5.80. The third-order valence-corrected chi connectivity index (χ3v) is 6.10. The molecule has 8 nitrogen and oxygen atoms in total. The molecular formula is C23H23ClN2O6S. The highest BCUT2D eigenvalue weighted by Crippen LogP contribution is 2.40. The van der Waals surface area contributed by atoms with Crippen molar-refractivity contribution in [3.05, 3.63) is 57.5 Å². The zero-order chi connectivity index (χ0) is 24.0. The standard InChI is InChI=1S/C23H23ClN2O6S/c1-30-17-10-14(11-18(31-2)21(17)32-3)12-19-22(28)26(23(29)33-19)9-8-25-20(27)13-15-6-4-5-7-16(15)24/h4-7,10-12H,8-9,13H2,1-3H3,(H,25,27)/b19-12-. The van der Waals surface area contributed by atoms with Gasteiger partial charge in [0.1, 0.15) is 0 Å². The number of nitrogens with one attached hydrogen (secondary N) is 1. The number of rotatable bonds is 9. The Morgan fingerprint density at radius 1 is 1.09 bits per heavy atom. The van der Waals surface area contributed by atoms with E-state index < -0.39 is 11.1 Å². The van der Waals surface area contributed by atoms with E-state index in [1.165, 1.54) is 21.3 Å². The molecule has 1 aliphatic heterocycles. The summed E-state index contributed by atoms with van der Waals surface area (Å²) in [6.07, 6.45) is 1.70. The van der Waals surface area contributed by atoms with Crippen molar-refractivity contribution in [3.8, 4) is 17.2 Å². The number of hydrogen-bond acceptors (Lipinski definition) is 7. The van der Waals surface area contributed by atoms with Gasteiger partial charge in [-0.15, -0.1) is 0 Å². The van der Waals surface area contributed by atoms with Crippen LogP contribution in [0, 0.1) is 0 Å². The summed E-state index contributed by atoms with van der Waals surface area (Å²) >= 11 is 6.90. The predicted molar refractivity (Wildman–Crippen MR) is 127 cm³/mol. The number of carbonyl (C=O) groups excluding carboxylic acids is 3. The van der Waals surface area contributed by atoms with Crippen LogP contribution in [0.1, 0.15) is 11.1 Å². The van der Waals surface area contributed by atoms with E-state index >= 15 is 0 Å². The van der Waals surface area contributed by atoms with Crippen LogP contribution in [-0.4, -0.2) is 56.4 Å². The minimum atomic E-state index is -0.431. The fraction of sp³-hybridized carbons (Fsp3) is 0.261. The highest BCUT2D eigenvalue weighted by molar-refractivity contribution is 8.18. The van der Waals surface area contributed by atoms with Crippen LogP contribution in [-0.2, 0) is 16.0 Å². The molecule has 1 fully saturated rings. The molecule has 0 aromatic heterocycles. The summed E-state index contributed by atoms with van der Waals surface area (Å²) in [4.78, 5) is 38.7. The fourth-order valence-corrected chi connectivity index (χ4v) is 4.28. The van der Waals surface area contributed by atoms with Gasteiger partial charge < -0.3 is 19.5 Å². The van der Waals surface area contributed by atoms with E-state index in [2.05, 4.69) is 5.32 Å². The van der Waals surface area contributed by atoms with Crippen molar-refractivity contribution in [1.82, 2.24) is 10.2 Å². The molecule has 3 amide bonds. The maximum absolute atomic E-state index is 12.8. The lowest BCUT2D eigenvalue weighted by Crippen LogP contribution is -2.37. The molecule has 0 aliphatic carbocycles. The number of ether oxygens (including phenoxy) is 3. The van der Waals surface area contributed by atoms with Gasteiger partial charge in [-0.25, -0.2) is 0 Å². The van der Waals surface area contributed by atoms with E-state index in [-0.39, 0.29) is 30.3 Å². The Kier molecular flexibility index (Phi) is 8.24. The summed E-state index contributed by atoms with van der Waals surface area (Å²) in [6, 6.07) is 10.4. The first-order valence-electron chi connectivity index (χ1n) is 9.93. The molecule has 0 atom stereocenters. The number of thioether (sulfide) groups is 1. The maximum Gasteiger partial charge on any atom is 0.293 e. The van der Waals surface area contributed by atoms with E-state index in [9.17, 15) is 14.4 Å². The van der Waals surface area contributed by atoms with Gasteiger partial charge in [0.05, 0.1) is 32.7 Å². The largest absolute Gasteiger partial charge is 0.493 e. The Balaban J connectivity index is 1.64. The first-order valence-corrected chi connectivity index (χ1v) is 11.1. The van der Waals surface area contributed by atoms with Gasteiger partial charge in [-0.1, -0.05) is 29.8 Å². The second-order valence-corrected chi connectivity index (χ2v) is 8.31. The van der Waals surface area contributed by atoms with Gasteiger partial charge in [-0.3, -0.25) is 19.3 Å². The second kappa shape index (κ2) is 11.1. The van der Waals surface area contributed by atoms with E-state index in [0.29, 0.717) is 33.4 Å². The molecule has 2 aromatic rings. The van der Waals surface area contributed by atoms with Gasteiger partial charge in [0.15, 0.2) is 11.5 Å². The molecule has 2 aromatic carbocycles. The Labute approximate surface area is 200 Å². The number of carbonyl (C=O) groups is 3. The summed E-state index contributed by atoms with van der Waals surface area (Å²) in [7, 11) is 4.49. The van der Waals surface area contributed by atoms with Gasteiger partial charge in [-0.2, -0.15) is 0 Å². The molecule has 0 bridgehead atoms. The van der Waals surface area contributed by atoms with Crippen LogP contribution in [0.5, 0.6) is 17.2 Å². The second-order valence-electron chi connectivity index (χ2n) is 6.91. The summed E-state index contributed by atoms with van der Waals surface area (Å²) in [6.45, 7) is 0.199. The molecule has 33 heavy (non-hydrogen) atoms. The number of amides is 3. The van der Waals surface area contributed by atoms with E-state index in [1.54, 1.807) is 42.5 Å². The Hall–Kier alpha value is -3.17. The molecule has 0 saturated carbocycles. The third-order valence-electron chi connectivity index (χ3n) is 4.82. The zero-order valence-corrected chi connectivity index (χ0v) is 19.9. The monoisotopic (exact) mass is 490 g/mol. The van der Waals surface area contributed by atoms with Crippen LogP contribution in [0.25, 0.3) is 6.08 Å². The van der Waals surface area contributed by atoms with Crippen LogP contribution >= 0.6 is 23.4 Å². The highest BCUT2D eigenvalue weighted by Gasteiger charge is 2.34. The van der Waals surface area contributed by atoms with Gasteiger partial charge >= 0.3 is 0 Å². The molecule has 1 N–H and O–H groups in total. The average Bonchev–Trinajstić information content (AvgIpc) is 3.07. The topological polar surface area (TPSA) is 94.2 Å². The number of methoxy groups -OCH3 is 3. The SMILES string of the molecule is COc1cc(/C=C2\SC(=O)N(CCNC(=O)Cc3ccccc3Cl)C2=O)cc(OC)c1OC. The van der Waals surface area contributed by atoms with Crippen molar-refractivity contribution in [3.63, 3.8) is 0 Å². The first-order chi connectivity index (χ1) is 15.9. The minimum Gasteiger partial charge on any atom is -0.493 e. The maximum atomic E-state index is 12.8. The smallest absolute Gasteiger partial charge is 0.293 e. The predicted octanol–water partition coefficient (Wildman–Crippen LogP) is 3.76. The normalized spacial score (nSPS) is 14.5. The van der Waals surface area contributed by atoms with Crippen LogP contribution in [0.3, 0.4) is 0 Å². The quantitative estimate of drug-likeness (QED) is 0.535. The summed E-state index contributed by atoms with van der Waals surface area (Å²) in [5.74, 6) is 0.618. The van der Waals surface area contributed by atoms with E-state index in [4.69, 9.17) is 25.8 Å². The molecule has 0 radical (unpaired) electrons. The summed E-state index contributed by atoms with van der Waals surface area (Å²) in [5, 5.41) is 2.82. The minimum absolute atomic E-state index is 0.0610. The summed E-state index contributed by atoms with van der Waals surface area (Å²) in [5.41, 5.74) is 1.32. The average molecular weight is 491 g/mol. The number of halogens is 1. The molecule has 0 unspecified atom stereocenters. The lowest BCUT2D eigenvalue weighted by Gasteiger charge is -2.14. The van der Waals surface area contributed by atoms with Crippen LogP contribution in [0.15, 0.2) is 41.3 Å². The van der Waals surface area contributed by atoms with Gasteiger partial charge in [0.2, 0.25) is 11.7 Å². The van der Waals surface area contributed by atoms with Crippen molar-refractivity contribution >= 4 is 46.5 Å². The molecule has 10 heteroatoms. The van der Waals surface area contributed by atoms with Crippen molar-refractivity contribution < 1.29 is 28.6 Å². The lowest BCUT2D eigenvalue weighted by molar-refractivity contribution is -0.124. The Morgan fingerprint density at radius 2 is 1.76 bits per heavy atom. The molecule has 1 heterocycles. The molecule has 3 rings (SSSR count). The molecule has 1 aliphatic rings. The number of benzene rings is 2. The van der Waals surface area contributed by atoms with Crippen LogP contribution < -0.4 is 19.5 Å². The zero-order valence-electron chi connectivity index (χ0n) is 18.3. The molecule has 1 saturated heterocycles. The fourth-order valence-electron chi connectivity index (χ4n) is 3.21. The lowest BCUT2D eigenvalue weighted by atomic mass is 10.1. The number of hydrogen-bond donors (Lipinski definition) is 1.